The molecule has 1 aliphatic rings. The first-order chi connectivity index (χ1) is 11.8. The maximum atomic E-state index is 6.20. The van der Waals surface area contributed by atoms with Gasteiger partial charge in [0.2, 0.25) is 0 Å². The molecule has 1 heterocycles. The van der Waals surface area contributed by atoms with Gasteiger partial charge in [-0.1, -0.05) is 54.1 Å². The van der Waals surface area contributed by atoms with Crippen molar-refractivity contribution in [1.82, 2.24) is 0 Å². The van der Waals surface area contributed by atoms with Crippen LogP contribution in [0.25, 0.3) is 55.0 Å². The molecule has 0 aliphatic heterocycles. The van der Waals surface area contributed by atoms with Crippen molar-refractivity contribution in [3.63, 3.8) is 0 Å². The fraction of sp³-hybridized carbons (Fsp3) is 0.0435. The second-order valence-corrected chi connectivity index (χ2v) is 6.67. The van der Waals surface area contributed by atoms with Crippen LogP contribution in [0.5, 0.6) is 0 Å². The van der Waals surface area contributed by atoms with Gasteiger partial charge in [-0.15, -0.1) is 0 Å². The zero-order chi connectivity index (χ0) is 15.8. The summed E-state index contributed by atoms with van der Waals surface area (Å²) in [5.74, 6) is 0. The van der Waals surface area contributed by atoms with E-state index in [1.807, 2.05) is 0 Å². The predicted molar refractivity (Wildman–Crippen MR) is 100 cm³/mol. The van der Waals surface area contributed by atoms with Crippen molar-refractivity contribution in [3.05, 3.63) is 72.3 Å². The standard InChI is InChI=1S/C23H14O/c1-13-9-10-20-19(11-13)23-17-8-4-7-16-14-5-2-3-6-15(14)18(22(16)17)12-21(23)24-20/h2-12H,1H3. The average Bonchev–Trinajstić information content (AvgIpc) is 3.13. The second kappa shape index (κ2) is 4.07. The van der Waals surface area contributed by atoms with Gasteiger partial charge in [-0.25, -0.2) is 0 Å². The van der Waals surface area contributed by atoms with Crippen LogP contribution in [0.2, 0.25) is 0 Å². The molecule has 1 nitrogen and oxygen atoms in total. The van der Waals surface area contributed by atoms with Crippen LogP contribution in [0.1, 0.15) is 5.56 Å². The largest absolute Gasteiger partial charge is 0.456 e. The second-order valence-electron chi connectivity index (χ2n) is 6.67. The van der Waals surface area contributed by atoms with Crippen molar-refractivity contribution in [2.45, 2.75) is 6.92 Å². The van der Waals surface area contributed by atoms with Gasteiger partial charge in [0.15, 0.2) is 0 Å². The van der Waals surface area contributed by atoms with E-state index < -0.39 is 0 Å². The Hall–Kier alpha value is -3.06. The monoisotopic (exact) mass is 306 g/mol. The molecule has 0 radical (unpaired) electrons. The molecule has 1 aromatic heterocycles. The number of furan rings is 1. The molecule has 0 unspecified atom stereocenters. The van der Waals surface area contributed by atoms with Crippen LogP contribution in [0.3, 0.4) is 0 Å². The maximum absolute atomic E-state index is 6.20. The number of fused-ring (bicyclic) bond motifs is 7. The highest BCUT2D eigenvalue weighted by Gasteiger charge is 2.24. The van der Waals surface area contributed by atoms with Gasteiger partial charge in [-0.3, -0.25) is 0 Å². The van der Waals surface area contributed by atoms with Crippen molar-refractivity contribution in [2.24, 2.45) is 0 Å². The maximum Gasteiger partial charge on any atom is 0.136 e. The van der Waals surface area contributed by atoms with Crippen LogP contribution in [0.4, 0.5) is 0 Å². The highest BCUT2D eigenvalue weighted by Crippen LogP contribution is 2.50. The molecule has 0 saturated heterocycles. The van der Waals surface area contributed by atoms with E-state index in [-0.39, 0.29) is 0 Å². The summed E-state index contributed by atoms with van der Waals surface area (Å²) in [5.41, 5.74) is 8.46. The van der Waals surface area contributed by atoms with Gasteiger partial charge in [0.25, 0.3) is 0 Å². The number of hydrogen-bond donors (Lipinski definition) is 0. The van der Waals surface area contributed by atoms with Crippen LogP contribution < -0.4 is 0 Å². The van der Waals surface area contributed by atoms with Gasteiger partial charge >= 0.3 is 0 Å². The van der Waals surface area contributed by atoms with Gasteiger partial charge in [0.05, 0.1) is 0 Å². The Labute approximate surface area is 139 Å². The van der Waals surface area contributed by atoms with E-state index in [2.05, 4.69) is 73.7 Å². The van der Waals surface area contributed by atoms with Gasteiger partial charge in [-0.2, -0.15) is 0 Å². The Morgan fingerprint density at radius 3 is 2.25 bits per heavy atom. The lowest BCUT2D eigenvalue weighted by Crippen LogP contribution is -1.78. The zero-order valence-corrected chi connectivity index (χ0v) is 13.3. The van der Waals surface area contributed by atoms with Gasteiger partial charge < -0.3 is 4.42 Å². The number of rotatable bonds is 0. The summed E-state index contributed by atoms with van der Waals surface area (Å²) in [5, 5.41) is 5.10. The van der Waals surface area contributed by atoms with Gasteiger partial charge in [0.1, 0.15) is 11.2 Å². The number of aryl methyl sites for hydroxylation is 1. The molecule has 0 amide bonds. The molecule has 0 N–H and O–H groups in total. The lowest BCUT2D eigenvalue weighted by Gasteiger charge is -2.04. The van der Waals surface area contributed by atoms with E-state index in [4.69, 9.17) is 4.42 Å². The normalized spacial score (nSPS) is 12.4. The first kappa shape index (κ1) is 12.4. The van der Waals surface area contributed by atoms with E-state index in [0.29, 0.717) is 0 Å². The summed E-state index contributed by atoms with van der Waals surface area (Å²) in [4.78, 5) is 0. The minimum atomic E-state index is 0.966. The molecule has 4 aromatic carbocycles. The smallest absolute Gasteiger partial charge is 0.136 e. The molecule has 6 rings (SSSR count). The summed E-state index contributed by atoms with van der Waals surface area (Å²) < 4.78 is 6.20. The van der Waals surface area contributed by atoms with Crippen molar-refractivity contribution in [1.29, 1.82) is 0 Å². The summed E-state index contributed by atoms with van der Waals surface area (Å²) in [6, 6.07) is 23.9. The quantitative estimate of drug-likeness (QED) is 0.304. The van der Waals surface area contributed by atoms with Crippen LogP contribution in [0, 0.1) is 6.92 Å². The third-order valence-electron chi connectivity index (χ3n) is 5.26. The Morgan fingerprint density at radius 2 is 1.38 bits per heavy atom. The Balaban J connectivity index is 1.92. The first-order valence-corrected chi connectivity index (χ1v) is 8.29. The van der Waals surface area contributed by atoms with Crippen molar-refractivity contribution in [3.8, 4) is 22.3 Å². The zero-order valence-electron chi connectivity index (χ0n) is 13.3. The van der Waals surface area contributed by atoms with Gasteiger partial charge in [-0.05, 0) is 58.1 Å². The van der Waals surface area contributed by atoms with Gasteiger partial charge in [0, 0.05) is 10.8 Å². The molecular weight excluding hydrogens is 292 g/mol. The van der Waals surface area contributed by atoms with E-state index in [0.717, 1.165) is 11.2 Å². The molecule has 112 valence electrons. The molecule has 5 aromatic rings. The van der Waals surface area contributed by atoms with E-state index in [1.165, 1.54) is 49.4 Å². The fourth-order valence-electron chi connectivity index (χ4n) is 4.25. The van der Waals surface area contributed by atoms with Crippen molar-refractivity contribution >= 4 is 32.7 Å². The van der Waals surface area contributed by atoms with Crippen molar-refractivity contribution in [2.75, 3.05) is 0 Å². The van der Waals surface area contributed by atoms with E-state index >= 15 is 0 Å². The third-order valence-corrected chi connectivity index (χ3v) is 5.26. The Bertz CT molecular complexity index is 1300. The highest BCUT2D eigenvalue weighted by molar-refractivity contribution is 6.27. The highest BCUT2D eigenvalue weighted by atomic mass is 16.3. The van der Waals surface area contributed by atoms with Crippen LogP contribution in [-0.4, -0.2) is 0 Å². The average molecular weight is 306 g/mol. The summed E-state index contributed by atoms with van der Waals surface area (Å²) in [6.45, 7) is 2.13. The van der Waals surface area contributed by atoms with Crippen LogP contribution in [0.15, 0.2) is 71.1 Å². The SMILES string of the molecule is Cc1ccc2oc3cc4c5c(cccc5c3c2c1)-c1ccccc1-4. The van der Waals surface area contributed by atoms with Crippen LogP contribution in [-0.2, 0) is 0 Å². The minimum absolute atomic E-state index is 0.966. The lowest BCUT2D eigenvalue weighted by atomic mass is 9.98. The van der Waals surface area contributed by atoms with Crippen molar-refractivity contribution < 1.29 is 4.42 Å². The summed E-state index contributed by atoms with van der Waals surface area (Å²) >= 11 is 0. The topological polar surface area (TPSA) is 13.1 Å². The van der Waals surface area contributed by atoms with Crippen LogP contribution >= 0.6 is 0 Å². The molecule has 0 fully saturated rings. The molecular formula is C23H14O. The Morgan fingerprint density at radius 1 is 0.583 bits per heavy atom. The summed E-state index contributed by atoms with van der Waals surface area (Å²) in [7, 11) is 0. The first-order valence-electron chi connectivity index (χ1n) is 8.29. The molecule has 0 bridgehead atoms. The molecule has 0 atom stereocenters. The molecule has 1 heteroatoms. The predicted octanol–water partition coefficient (Wildman–Crippen LogP) is 6.70. The minimum Gasteiger partial charge on any atom is -0.456 e. The van der Waals surface area contributed by atoms with E-state index in [1.54, 1.807) is 0 Å². The molecule has 1 aliphatic carbocycles. The lowest BCUT2D eigenvalue weighted by molar-refractivity contribution is 0.669. The molecule has 0 saturated carbocycles. The number of hydrogen-bond acceptors (Lipinski definition) is 1. The third kappa shape index (κ3) is 1.36. The van der Waals surface area contributed by atoms with E-state index in [9.17, 15) is 0 Å². The fourth-order valence-corrected chi connectivity index (χ4v) is 4.25. The Kier molecular flexibility index (Phi) is 2.10. The molecule has 24 heavy (non-hydrogen) atoms. The summed E-state index contributed by atoms with van der Waals surface area (Å²) in [6.07, 6.45) is 0. The number of benzene rings is 4. The molecule has 0 spiro atoms.